The number of benzene rings is 1. The van der Waals surface area contributed by atoms with E-state index < -0.39 is 0 Å². The van der Waals surface area contributed by atoms with Crippen molar-refractivity contribution in [2.24, 2.45) is 0 Å². The minimum absolute atomic E-state index is 0.0717. The molecule has 1 aromatic carbocycles. The Kier molecular flexibility index (Phi) is 5.71. The molecule has 0 bridgehead atoms. The van der Waals surface area contributed by atoms with Gasteiger partial charge in [0.1, 0.15) is 5.76 Å². The molecule has 6 heteroatoms. The molecule has 1 N–H and O–H groups in total. The molecule has 2 aromatic rings. The van der Waals surface area contributed by atoms with Crippen molar-refractivity contribution in [3.8, 4) is 0 Å². The summed E-state index contributed by atoms with van der Waals surface area (Å²) in [5.41, 5.74) is 2.75. The number of rotatable bonds is 5. The zero-order chi connectivity index (χ0) is 18.5. The van der Waals surface area contributed by atoms with Crippen LogP contribution in [0.2, 0.25) is 0 Å². The third-order valence-corrected chi connectivity index (χ3v) is 4.76. The summed E-state index contributed by atoms with van der Waals surface area (Å²) in [6.45, 7) is 5.06. The molecule has 2 heterocycles. The van der Waals surface area contributed by atoms with Crippen molar-refractivity contribution in [1.82, 2.24) is 15.4 Å². The molecule has 0 unspecified atom stereocenters. The van der Waals surface area contributed by atoms with E-state index in [0.29, 0.717) is 31.0 Å². The van der Waals surface area contributed by atoms with Gasteiger partial charge in [0, 0.05) is 31.6 Å². The van der Waals surface area contributed by atoms with Crippen LogP contribution in [0.3, 0.4) is 0 Å². The number of aryl methyl sites for hydroxylation is 3. The SMILES string of the molecule is Cc1ccc(CCC(=O)NC2CCN(C(=O)c3cc(C)on3)CC2)cc1. The number of carbonyl (C=O) groups is 2. The van der Waals surface area contributed by atoms with Gasteiger partial charge in [0.15, 0.2) is 5.69 Å². The number of amides is 2. The van der Waals surface area contributed by atoms with Crippen LogP contribution in [0.1, 0.15) is 46.6 Å². The average Bonchev–Trinajstić information content (AvgIpc) is 3.08. The number of nitrogens with zero attached hydrogens (tertiary/aromatic N) is 2. The summed E-state index contributed by atoms with van der Waals surface area (Å²) in [6, 6.07) is 10.0. The van der Waals surface area contributed by atoms with Crippen LogP contribution in [0.5, 0.6) is 0 Å². The molecule has 1 aliphatic heterocycles. The fourth-order valence-corrected chi connectivity index (χ4v) is 3.17. The first-order chi connectivity index (χ1) is 12.5. The maximum Gasteiger partial charge on any atom is 0.276 e. The lowest BCUT2D eigenvalue weighted by molar-refractivity contribution is -0.122. The van der Waals surface area contributed by atoms with Crippen molar-refractivity contribution in [2.75, 3.05) is 13.1 Å². The highest BCUT2D eigenvalue weighted by atomic mass is 16.5. The second kappa shape index (κ2) is 8.17. The Labute approximate surface area is 153 Å². The van der Waals surface area contributed by atoms with Crippen molar-refractivity contribution in [2.45, 2.75) is 45.6 Å². The molecular weight excluding hydrogens is 330 g/mol. The molecule has 2 amide bonds. The molecule has 1 aromatic heterocycles. The maximum atomic E-state index is 12.3. The molecule has 0 spiro atoms. The molecule has 0 aliphatic carbocycles. The van der Waals surface area contributed by atoms with Crippen LogP contribution in [0.15, 0.2) is 34.9 Å². The van der Waals surface area contributed by atoms with Crippen LogP contribution in [0, 0.1) is 13.8 Å². The second-order valence-electron chi connectivity index (χ2n) is 6.94. The molecule has 1 fully saturated rings. The summed E-state index contributed by atoms with van der Waals surface area (Å²) in [6.07, 6.45) is 2.76. The standard InChI is InChI=1S/C20H25N3O3/c1-14-3-5-16(6-4-14)7-8-19(24)21-17-9-11-23(12-10-17)20(25)18-13-15(2)26-22-18/h3-6,13,17H,7-12H2,1-2H3,(H,21,24). The van der Waals surface area contributed by atoms with Crippen LogP contribution in [0.25, 0.3) is 0 Å². The zero-order valence-electron chi connectivity index (χ0n) is 15.3. The first kappa shape index (κ1) is 18.2. The van der Waals surface area contributed by atoms with Gasteiger partial charge in [-0.05, 0) is 38.7 Å². The Bertz CT molecular complexity index is 759. The number of piperidine rings is 1. The minimum Gasteiger partial charge on any atom is -0.361 e. The topological polar surface area (TPSA) is 75.4 Å². The van der Waals surface area contributed by atoms with Gasteiger partial charge in [-0.3, -0.25) is 9.59 Å². The fraction of sp³-hybridized carbons (Fsp3) is 0.450. The summed E-state index contributed by atoms with van der Waals surface area (Å²) in [7, 11) is 0. The predicted molar refractivity (Wildman–Crippen MR) is 97.8 cm³/mol. The smallest absolute Gasteiger partial charge is 0.276 e. The van der Waals surface area contributed by atoms with E-state index in [9.17, 15) is 9.59 Å². The Balaban J connectivity index is 1.41. The van der Waals surface area contributed by atoms with Crippen molar-refractivity contribution < 1.29 is 14.1 Å². The van der Waals surface area contributed by atoms with Crippen LogP contribution < -0.4 is 5.32 Å². The summed E-state index contributed by atoms with van der Waals surface area (Å²) >= 11 is 0. The maximum absolute atomic E-state index is 12.3. The Morgan fingerprint density at radius 1 is 1.19 bits per heavy atom. The highest BCUT2D eigenvalue weighted by Gasteiger charge is 2.26. The van der Waals surface area contributed by atoms with Gasteiger partial charge in [-0.2, -0.15) is 0 Å². The fourth-order valence-electron chi connectivity index (χ4n) is 3.17. The third-order valence-electron chi connectivity index (χ3n) is 4.76. The van der Waals surface area contributed by atoms with Crippen molar-refractivity contribution in [1.29, 1.82) is 0 Å². The van der Waals surface area contributed by atoms with E-state index in [0.717, 1.165) is 19.3 Å². The predicted octanol–water partition coefficient (Wildman–Crippen LogP) is 2.65. The minimum atomic E-state index is -0.106. The Morgan fingerprint density at radius 2 is 1.88 bits per heavy atom. The van der Waals surface area contributed by atoms with Gasteiger partial charge in [0.2, 0.25) is 5.91 Å². The van der Waals surface area contributed by atoms with Gasteiger partial charge in [-0.1, -0.05) is 35.0 Å². The molecule has 3 rings (SSSR count). The summed E-state index contributed by atoms with van der Waals surface area (Å²) in [5.74, 6) is 0.595. The van der Waals surface area contributed by atoms with E-state index in [4.69, 9.17) is 4.52 Å². The molecule has 138 valence electrons. The number of hydrogen-bond acceptors (Lipinski definition) is 4. The average molecular weight is 355 g/mol. The Hall–Kier alpha value is -2.63. The van der Waals surface area contributed by atoms with Gasteiger partial charge < -0.3 is 14.7 Å². The normalized spacial score (nSPS) is 15.1. The van der Waals surface area contributed by atoms with Gasteiger partial charge in [0.05, 0.1) is 0 Å². The Morgan fingerprint density at radius 3 is 2.50 bits per heavy atom. The molecule has 6 nitrogen and oxygen atoms in total. The summed E-state index contributed by atoms with van der Waals surface area (Å²) in [4.78, 5) is 26.3. The first-order valence-electron chi connectivity index (χ1n) is 9.09. The zero-order valence-corrected chi connectivity index (χ0v) is 15.3. The largest absolute Gasteiger partial charge is 0.361 e. The van der Waals surface area contributed by atoms with E-state index in [-0.39, 0.29) is 17.9 Å². The second-order valence-corrected chi connectivity index (χ2v) is 6.94. The summed E-state index contributed by atoms with van der Waals surface area (Å²) < 4.78 is 4.97. The molecule has 1 aliphatic rings. The monoisotopic (exact) mass is 355 g/mol. The molecule has 0 saturated carbocycles. The van der Waals surface area contributed by atoms with Gasteiger partial charge in [0.25, 0.3) is 5.91 Å². The number of carbonyl (C=O) groups excluding carboxylic acids is 2. The van der Waals surface area contributed by atoms with Crippen molar-refractivity contribution in [3.05, 3.63) is 52.9 Å². The molecule has 1 saturated heterocycles. The van der Waals surface area contributed by atoms with E-state index in [1.165, 1.54) is 11.1 Å². The quantitative estimate of drug-likeness (QED) is 0.895. The van der Waals surface area contributed by atoms with Gasteiger partial charge in [-0.25, -0.2) is 0 Å². The van der Waals surface area contributed by atoms with E-state index in [2.05, 4.69) is 41.7 Å². The highest BCUT2D eigenvalue weighted by molar-refractivity contribution is 5.92. The van der Waals surface area contributed by atoms with E-state index in [1.54, 1.807) is 17.9 Å². The van der Waals surface area contributed by atoms with Gasteiger partial charge >= 0.3 is 0 Å². The summed E-state index contributed by atoms with van der Waals surface area (Å²) in [5, 5.41) is 6.87. The van der Waals surface area contributed by atoms with Gasteiger partial charge in [-0.15, -0.1) is 0 Å². The van der Waals surface area contributed by atoms with Crippen molar-refractivity contribution in [3.63, 3.8) is 0 Å². The molecule has 0 radical (unpaired) electrons. The lowest BCUT2D eigenvalue weighted by Crippen LogP contribution is -2.46. The van der Waals surface area contributed by atoms with Crippen LogP contribution in [-0.2, 0) is 11.2 Å². The molecular formula is C20H25N3O3. The van der Waals surface area contributed by atoms with Crippen LogP contribution >= 0.6 is 0 Å². The highest BCUT2D eigenvalue weighted by Crippen LogP contribution is 2.15. The lowest BCUT2D eigenvalue weighted by Gasteiger charge is -2.31. The number of hydrogen-bond donors (Lipinski definition) is 1. The third kappa shape index (κ3) is 4.71. The van der Waals surface area contributed by atoms with Crippen molar-refractivity contribution >= 4 is 11.8 Å². The lowest BCUT2D eigenvalue weighted by atomic mass is 10.0. The number of likely N-dealkylation sites (tertiary alicyclic amines) is 1. The molecule has 26 heavy (non-hydrogen) atoms. The number of aromatic nitrogens is 1. The van der Waals surface area contributed by atoms with Crippen LogP contribution in [-0.4, -0.2) is 41.0 Å². The van der Waals surface area contributed by atoms with E-state index in [1.807, 2.05) is 0 Å². The number of nitrogens with one attached hydrogen (secondary N) is 1. The van der Waals surface area contributed by atoms with E-state index >= 15 is 0 Å². The molecule has 0 atom stereocenters. The first-order valence-corrected chi connectivity index (χ1v) is 9.09. The van der Waals surface area contributed by atoms with Crippen LogP contribution in [0.4, 0.5) is 0 Å².